The largest absolute Gasteiger partial charge is 0.496 e. The summed E-state index contributed by atoms with van der Waals surface area (Å²) in [5.74, 6) is 1.08. The lowest BCUT2D eigenvalue weighted by molar-refractivity contribution is -0.133. The summed E-state index contributed by atoms with van der Waals surface area (Å²) >= 11 is 1.64. The molecule has 2 aromatic rings. The molecule has 0 saturated heterocycles. The second kappa shape index (κ2) is 5.90. The van der Waals surface area contributed by atoms with Gasteiger partial charge in [0.2, 0.25) is 5.91 Å². The van der Waals surface area contributed by atoms with Gasteiger partial charge in [0.1, 0.15) is 5.75 Å². The Kier molecular flexibility index (Phi) is 3.97. The highest BCUT2D eigenvalue weighted by Crippen LogP contribution is 2.29. The Morgan fingerprint density at radius 3 is 2.95 bits per heavy atom. The van der Waals surface area contributed by atoms with Crippen LogP contribution in [0, 0.1) is 0 Å². The molecule has 1 amide bonds. The maximum Gasteiger partial charge on any atom is 0.230 e. The van der Waals surface area contributed by atoms with Gasteiger partial charge in [0.05, 0.1) is 13.0 Å². The minimum Gasteiger partial charge on any atom is -0.496 e. The fraction of sp³-hybridized carbons (Fsp3) is 0.353. The lowest BCUT2D eigenvalue weighted by atomic mass is 9.96. The molecule has 1 aromatic heterocycles. The van der Waals surface area contributed by atoms with Gasteiger partial charge in [-0.25, -0.2) is 0 Å². The summed E-state index contributed by atoms with van der Waals surface area (Å²) in [4.78, 5) is 14.6. The minimum atomic E-state index is -0.0663. The minimum absolute atomic E-state index is 0.0663. The standard InChI is InChI=1S/C17H19NO2S/c1-12(14-7-9-21-11-14)17(19)18-8-6-15-13(10-18)4-3-5-16(15)20-2/h3-5,7,9,11-12H,6,8,10H2,1-2H3. The summed E-state index contributed by atoms with van der Waals surface area (Å²) < 4.78 is 5.41. The van der Waals surface area contributed by atoms with E-state index in [9.17, 15) is 4.79 Å². The summed E-state index contributed by atoms with van der Waals surface area (Å²) in [5, 5.41) is 4.08. The molecule has 0 aliphatic carbocycles. The van der Waals surface area contributed by atoms with Gasteiger partial charge in [-0.3, -0.25) is 4.79 Å². The number of nitrogens with zero attached hydrogens (tertiary/aromatic N) is 1. The fourth-order valence-electron chi connectivity index (χ4n) is 2.89. The first kappa shape index (κ1) is 14.1. The van der Waals surface area contributed by atoms with E-state index in [0.29, 0.717) is 6.54 Å². The highest BCUT2D eigenvalue weighted by molar-refractivity contribution is 7.08. The Hall–Kier alpha value is -1.81. The number of rotatable bonds is 3. The number of benzene rings is 1. The van der Waals surface area contributed by atoms with Crippen LogP contribution in [-0.4, -0.2) is 24.5 Å². The first-order valence-corrected chi connectivity index (χ1v) is 8.10. The van der Waals surface area contributed by atoms with E-state index in [1.54, 1.807) is 18.4 Å². The molecule has 21 heavy (non-hydrogen) atoms. The van der Waals surface area contributed by atoms with Crippen LogP contribution in [0.25, 0.3) is 0 Å². The Morgan fingerprint density at radius 1 is 1.38 bits per heavy atom. The van der Waals surface area contributed by atoms with Crippen molar-refractivity contribution in [1.82, 2.24) is 4.90 Å². The maximum atomic E-state index is 12.7. The molecule has 0 N–H and O–H groups in total. The summed E-state index contributed by atoms with van der Waals surface area (Å²) in [7, 11) is 1.70. The van der Waals surface area contributed by atoms with Crippen molar-refractivity contribution in [3.63, 3.8) is 0 Å². The molecular weight excluding hydrogens is 282 g/mol. The van der Waals surface area contributed by atoms with Crippen LogP contribution in [0.15, 0.2) is 35.0 Å². The van der Waals surface area contributed by atoms with Gasteiger partial charge >= 0.3 is 0 Å². The summed E-state index contributed by atoms with van der Waals surface area (Å²) in [5.41, 5.74) is 3.56. The zero-order chi connectivity index (χ0) is 14.8. The zero-order valence-corrected chi connectivity index (χ0v) is 13.2. The Balaban J connectivity index is 1.78. The van der Waals surface area contributed by atoms with Gasteiger partial charge in [0, 0.05) is 18.7 Å². The number of methoxy groups -OCH3 is 1. The van der Waals surface area contributed by atoms with Crippen LogP contribution in [0.5, 0.6) is 5.75 Å². The van der Waals surface area contributed by atoms with Gasteiger partial charge in [-0.2, -0.15) is 11.3 Å². The second-order valence-electron chi connectivity index (χ2n) is 5.39. The third-order valence-corrected chi connectivity index (χ3v) is 4.87. The number of carbonyl (C=O) groups is 1. The maximum absolute atomic E-state index is 12.7. The molecule has 1 aliphatic heterocycles. The highest BCUT2D eigenvalue weighted by atomic mass is 32.1. The van der Waals surface area contributed by atoms with Gasteiger partial charge in [-0.1, -0.05) is 12.1 Å². The van der Waals surface area contributed by atoms with Gasteiger partial charge in [-0.15, -0.1) is 0 Å². The van der Waals surface area contributed by atoms with E-state index < -0.39 is 0 Å². The topological polar surface area (TPSA) is 29.5 Å². The number of fused-ring (bicyclic) bond motifs is 1. The molecular formula is C17H19NO2S. The summed E-state index contributed by atoms with van der Waals surface area (Å²) in [6.45, 7) is 3.44. The van der Waals surface area contributed by atoms with Crippen LogP contribution in [0.1, 0.15) is 29.5 Å². The van der Waals surface area contributed by atoms with E-state index >= 15 is 0 Å². The normalized spacial score (nSPS) is 15.4. The van der Waals surface area contributed by atoms with Crippen molar-refractivity contribution in [2.75, 3.05) is 13.7 Å². The predicted octanol–water partition coefficient (Wildman–Crippen LogP) is 3.45. The summed E-state index contributed by atoms with van der Waals surface area (Å²) in [6, 6.07) is 8.11. The van der Waals surface area contributed by atoms with Crippen LogP contribution < -0.4 is 4.74 Å². The molecule has 3 nitrogen and oxygen atoms in total. The first-order valence-electron chi connectivity index (χ1n) is 7.16. The molecule has 3 rings (SSSR count). The van der Waals surface area contributed by atoms with Crippen molar-refractivity contribution in [1.29, 1.82) is 0 Å². The number of amides is 1. The van der Waals surface area contributed by atoms with E-state index in [1.165, 1.54) is 11.1 Å². The van der Waals surface area contributed by atoms with Crippen molar-refractivity contribution in [3.05, 3.63) is 51.7 Å². The molecule has 1 unspecified atom stereocenters. The smallest absolute Gasteiger partial charge is 0.230 e. The number of ether oxygens (including phenoxy) is 1. The Labute approximate surface area is 129 Å². The van der Waals surface area contributed by atoms with Crippen molar-refractivity contribution in [3.8, 4) is 5.75 Å². The Morgan fingerprint density at radius 2 is 2.24 bits per heavy atom. The van der Waals surface area contributed by atoms with E-state index in [1.807, 2.05) is 35.4 Å². The van der Waals surface area contributed by atoms with E-state index in [4.69, 9.17) is 4.74 Å². The molecule has 1 aromatic carbocycles. The summed E-state index contributed by atoms with van der Waals surface area (Å²) in [6.07, 6.45) is 0.863. The van der Waals surface area contributed by atoms with Crippen LogP contribution in [0.2, 0.25) is 0 Å². The number of thiophene rings is 1. The molecule has 1 atom stereocenters. The molecule has 0 fully saturated rings. The van der Waals surface area contributed by atoms with Gasteiger partial charge < -0.3 is 9.64 Å². The van der Waals surface area contributed by atoms with Crippen LogP contribution in [0.3, 0.4) is 0 Å². The third-order valence-electron chi connectivity index (χ3n) is 4.17. The van der Waals surface area contributed by atoms with Crippen molar-refractivity contribution in [2.24, 2.45) is 0 Å². The lowest BCUT2D eigenvalue weighted by Gasteiger charge is -2.31. The molecule has 110 valence electrons. The number of carbonyl (C=O) groups excluding carboxylic acids is 1. The van der Waals surface area contributed by atoms with E-state index in [-0.39, 0.29) is 11.8 Å². The van der Waals surface area contributed by atoms with Crippen molar-refractivity contribution < 1.29 is 9.53 Å². The second-order valence-corrected chi connectivity index (χ2v) is 6.17. The van der Waals surface area contributed by atoms with Crippen molar-refractivity contribution >= 4 is 17.2 Å². The molecule has 0 radical (unpaired) electrons. The Bertz CT molecular complexity index is 636. The van der Waals surface area contributed by atoms with Gasteiger partial charge in [-0.05, 0) is 47.4 Å². The SMILES string of the molecule is COc1cccc2c1CCN(C(=O)C(C)c1ccsc1)C2. The van der Waals surface area contributed by atoms with Crippen LogP contribution >= 0.6 is 11.3 Å². The van der Waals surface area contributed by atoms with Crippen LogP contribution in [-0.2, 0) is 17.8 Å². The predicted molar refractivity (Wildman–Crippen MR) is 84.8 cm³/mol. The fourth-order valence-corrected chi connectivity index (χ4v) is 3.65. The quantitative estimate of drug-likeness (QED) is 0.869. The van der Waals surface area contributed by atoms with Gasteiger partial charge in [0.25, 0.3) is 0 Å². The first-order chi connectivity index (χ1) is 10.2. The van der Waals surface area contributed by atoms with Gasteiger partial charge in [0.15, 0.2) is 0 Å². The van der Waals surface area contributed by atoms with E-state index in [2.05, 4.69) is 11.4 Å². The third kappa shape index (κ3) is 2.68. The zero-order valence-electron chi connectivity index (χ0n) is 12.3. The van der Waals surface area contributed by atoms with E-state index in [0.717, 1.165) is 24.3 Å². The molecule has 0 spiro atoms. The molecule has 2 heterocycles. The number of hydrogen-bond donors (Lipinski definition) is 0. The average Bonchev–Trinajstić information content (AvgIpc) is 3.06. The number of hydrogen-bond acceptors (Lipinski definition) is 3. The van der Waals surface area contributed by atoms with Crippen molar-refractivity contribution in [2.45, 2.75) is 25.8 Å². The average molecular weight is 301 g/mol. The molecule has 0 saturated carbocycles. The highest BCUT2D eigenvalue weighted by Gasteiger charge is 2.26. The monoisotopic (exact) mass is 301 g/mol. The van der Waals surface area contributed by atoms with Crippen LogP contribution in [0.4, 0.5) is 0 Å². The molecule has 0 bridgehead atoms. The molecule has 1 aliphatic rings. The lowest BCUT2D eigenvalue weighted by Crippen LogP contribution is -2.38. The molecule has 4 heteroatoms.